The minimum Gasteiger partial charge on any atom is -0.493 e. The predicted molar refractivity (Wildman–Crippen MR) is 114 cm³/mol. The Morgan fingerprint density at radius 3 is 2.52 bits per heavy atom. The third kappa shape index (κ3) is 4.84. The van der Waals surface area contributed by atoms with Gasteiger partial charge in [0.15, 0.2) is 17.8 Å². The van der Waals surface area contributed by atoms with Crippen molar-refractivity contribution in [2.45, 2.75) is 19.4 Å². The fourth-order valence-corrected chi connectivity index (χ4v) is 3.28. The Balaban J connectivity index is 1.43. The largest absolute Gasteiger partial charge is 0.493 e. The molecule has 4 aromatic rings. The lowest BCUT2D eigenvalue weighted by atomic mass is 10.1. The van der Waals surface area contributed by atoms with Gasteiger partial charge < -0.3 is 9.15 Å². The van der Waals surface area contributed by atoms with Crippen molar-refractivity contribution in [1.82, 2.24) is 0 Å². The molecular formula is C24H21ClNO3+. The van der Waals surface area contributed by atoms with Crippen LogP contribution in [0.15, 0.2) is 88.3 Å². The Morgan fingerprint density at radius 1 is 0.931 bits per heavy atom. The van der Waals surface area contributed by atoms with Gasteiger partial charge in [0.2, 0.25) is 0 Å². The number of fused-ring (bicyclic) bond motifs is 1. The standard InChI is InChI=1S/C24H21ClNO3/c25-19-8-6-18(7-9-19)23-17-22(27)21-11-10-20(16-24(21)29-23)28-15-5-4-14-26-12-2-1-3-13-26/h1-3,6-13,16-17H,4-5,14-15H2/q+1. The van der Waals surface area contributed by atoms with Crippen LogP contribution in [0.2, 0.25) is 5.02 Å². The number of rotatable bonds is 7. The Labute approximate surface area is 173 Å². The van der Waals surface area contributed by atoms with Crippen molar-refractivity contribution in [2.75, 3.05) is 6.61 Å². The zero-order valence-corrected chi connectivity index (χ0v) is 16.6. The molecule has 2 aromatic carbocycles. The normalized spacial score (nSPS) is 10.9. The van der Waals surface area contributed by atoms with Crippen molar-refractivity contribution in [3.8, 4) is 17.1 Å². The Morgan fingerprint density at radius 2 is 1.72 bits per heavy atom. The smallest absolute Gasteiger partial charge is 0.193 e. The maximum absolute atomic E-state index is 12.5. The molecule has 2 heterocycles. The number of ether oxygens (including phenoxy) is 1. The van der Waals surface area contributed by atoms with E-state index in [0.29, 0.717) is 34.1 Å². The second kappa shape index (κ2) is 8.93. The van der Waals surface area contributed by atoms with Gasteiger partial charge in [0.25, 0.3) is 0 Å². The van der Waals surface area contributed by atoms with Gasteiger partial charge in [-0.2, -0.15) is 0 Å². The first kappa shape index (κ1) is 19.2. The molecule has 0 aliphatic heterocycles. The van der Waals surface area contributed by atoms with E-state index in [-0.39, 0.29) is 5.43 Å². The first-order valence-corrected chi connectivity index (χ1v) is 9.97. The summed E-state index contributed by atoms with van der Waals surface area (Å²) in [4.78, 5) is 12.5. The number of aromatic nitrogens is 1. The lowest BCUT2D eigenvalue weighted by Crippen LogP contribution is -2.32. The van der Waals surface area contributed by atoms with Gasteiger partial charge in [0.05, 0.1) is 12.0 Å². The molecule has 0 N–H and O–H groups in total. The highest BCUT2D eigenvalue weighted by Gasteiger charge is 2.08. The average Bonchev–Trinajstić information content (AvgIpc) is 2.74. The number of pyridine rings is 1. The SMILES string of the molecule is O=c1cc(-c2ccc(Cl)cc2)oc2cc(OCCCC[n+]3ccccc3)ccc12. The van der Waals surface area contributed by atoms with E-state index in [0.717, 1.165) is 24.9 Å². The Hall–Kier alpha value is -3.11. The summed E-state index contributed by atoms with van der Waals surface area (Å²) in [5, 5.41) is 1.17. The first-order chi connectivity index (χ1) is 14.2. The van der Waals surface area contributed by atoms with Crippen LogP contribution in [0.5, 0.6) is 5.75 Å². The number of hydrogen-bond acceptors (Lipinski definition) is 3. The van der Waals surface area contributed by atoms with E-state index in [1.807, 2.05) is 36.4 Å². The summed E-state index contributed by atoms with van der Waals surface area (Å²) in [5.74, 6) is 1.21. The minimum absolute atomic E-state index is 0.0809. The lowest BCUT2D eigenvalue weighted by Gasteiger charge is -2.08. The molecule has 29 heavy (non-hydrogen) atoms. The summed E-state index contributed by atoms with van der Waals surface area (Å²) in [6.07, 6.45) is 6.09. The minimum atomic E-state index is -0.0809. The van der Waals surface area contributed by atoms with E-state index in [1.54, 1.807) is 24.3 Å². The van der Waals surface area contributed by atoms with E-state index in [2.05, 4.69) is 17.0 Å². The fraction of sp³-hybridized carbons (Fsp3) is 0.167. The molecule has 2 aromatic heterocycles. The van der Waals surface area contributed by atoms with Crippen molar-refractivity contribution in [3.05, 3.63) is 94.4 Å². The van der Waals surface area contributed by atoms with Crippen LogP contribution < -0.4 is 14.7 Å². The van der Waals surface area contributed by atoms with E-state index in [1.165, 1.54) is 6.07 Å². The summed E-state index contributed by atoms with van der Waals surface area (Å²) in [6.45, 7) is 1.57. The summed E-state index contributed by atoms with van der Waals surface area (Å²) in [6, 6.07) is 20.1. The second-order valence-corrected chi connectivity index (χ2v) is 7.25. The van der Waals surface area contributed by atoms with Crippen LogP contribution in [0.25, 0.3) is 22.3 Å². The van der Waals surface area contributed by atoms with Gasteiger partial charge in [-0.1, -0.05) is 17.7 Å². The van der Waals surface area contributed by atoms with Gasteiger partial charge in [0, 0.05) is 41.3 Å². The van der Waals surface area contributed by atoms with E-state index in [9.17, 15) is 4.79 Å². The number of halogens is 1. The fourth-order valence-electron chi connectivity index (χ4n) is 3.15. The van der Waals surface area contributed by atoms with Crippen molar-refractivity contribution < 1.29 is 13.7 Å². The van der Waals surface area contributed by atoms with Crippen molar-refractivity contribution in [1.29, 1.82) is 0 Å². The number of hydrogen-bond donors (Lipinski definition) is 0. The molecule has 0 spiro atoms. The zero-order chi connectivity index (χ0) is 20.1. The van der Waals surface area contributed by atoms with Crippen LogP contribution in [-0.2, 0) is 6.54 Å². The van der Waals surface area contributed by atoms with Crippen LogP contribution in [0.3, 0.4) is 0 Å². The summed E-state index contributed by atoms with van der Waals surface area (Å²) < 4.78 is 14.0. The Kier molecular flexibility index (Phi) is 5.92. The maximum Gasteiger partial charge on any atom is 0.193 e. The number of nitrogens with zero attached hydrogens (tertiary/aromatic N) is 1. The first-order valence-electron chi connectivity index (χ1n) is 9.60. The molecule has 4 rings (SSSR count). The number of unbranched alkanes of at least 4 members (excludes halogenated alkanes) is 1. The molecular weight excluding hydrogens is 386 g/mol. The summed E-state index contributed by atoms with van der Waals surface area (Å²) in [5.41, 5.74) is 1.24. The van der Waals surface area contributed by atoms with Crippen LogP contribution >= 0.6 is 11.6 Å². The highest BCUT2D eigenvalue weighted by Crippen LogP contribution is 2.26. The van der Waals surface area contributed by atoms with E-state index < -0.39 is 0 Å². The van der Waals surface area contributed by atoms with Crippen LogP contribution in [0.1, 0.15) is 12.8 Å². The summed E-state index contributed by atoms with van der Waals surface area (Å²) >= 11 is 5.94. The highest BCUT2D eigenvalue weighted by molar-refractivity contribution is 6.30. The summed E-state index contributed by atoms with van der Waals surface area (Å²) in [7, 11) is 0. The van der Waals surface area contributed by atoms with E-state index in [4.69, 9.17) is 20.8 Å². The zero-order valence-electron chi connectivity index (χ0n) is 15.9. The van der Waals surface area contributed by atoms with Crippen LogP contribution in [0.4, 0.5) is 0 Å². The van der Waals surface area contributed by atoms with Gasteiger partial charge >= 0.3 is 0 Å². The molecule has 0 aliphatic carbocycles. The predicted octanol–water partition coefficient (Wildman–Crippen LogP) is 5.26. The van der Waals surface area contributed by atoms with Crippen LogP contribution in [0, 0.1) is 0 Å². The molecule has 0 saturated carbocycles. The van der Waals surface area contributed by atoms with Gasteiger partial charge in [-0.25, -0.2) is 4.57 Å². The highest BCUT2D eigenvalue weighted by atomic mass is 35.5. The topological polar surface area (TPSA) is 43.3 Å². The molecule has 5 heteroatoms. The quantitative estimate of drug-likeness (QED) is 0.310. The van der Waals surface area contributed by atoms with Gasteiger partial charge in [-0.3, -0.25) is 4.79 Å². The Bertz CT molecular complexity index is 1150. The third-order valence-corrected chi connectivity index (χ3v) is 4.94. The average molecular weight is 407 g/mol. The molecule has 0 fully saturated rings. The molecule has 0 bridgehead atoms. The molecule has 0 aliphatic rings. The number of benzene rings is 2. The van der Waals surface area contributed by atoms with Crippen molar-refractivity contribution >= 4 is 22.6 Å². The molecule has 0 saturated heterocycles. The maximum atomic E-state index is 12.5. The van der Waals surface area contributed by atoms with Gasteiger partial charge in [0.1, 0.15) is 23.6 Å². The van der Waals surface area contributed by atoms with Crippen molar-refractivity contribution in [2.24, 2.45) is 0 Å². The molecule has 146 valence electrons. The number of aryl methyl sites for hydroxylation is 1. The molecule has 4 nitrogen and oxygen atoms in total. The monoisotopic (exact) mass is 406 g/mol. The second-order valence-electron chi connectivity index (χ2n) is 6.81. The molecule has 0 amide bonds. The van der Waals surface area contributed by atoms with E-state index >= 15 is 0 Å². The van der Waals surface area contributed by atoms with Crippen LogP contribution in [-0.4, -0.2) is 6.61 Å². The van der Waals surface area contributed by atoms with Crippen molar-refractivity contribution in [3.63, 3.8) is 0 Å². The third-order valence-electron chi connectivity index (χ3n) is 4.69. The molecule has 0 unspecified atom stereocenters. The lowest BCUT2D eigenvalue weighted by molar-refractivity contribution is -0.697. The molecule has 0 atom stereocenters. The van der Waals surface area contributed by atoms with Gasteiger partial charge in [-0.15, -0.1) is 0 Å². The van der Waals surface area contributed by atoms with Gasteiger partial charge in [-0.05, 0) is 42.8 Å². The molecule has 0 radical (unpaired) electrons.